The van der Waals surface area contributed by atoms with Crippen LogP contribution in [0.5, 0.6) is 11.5 Å². The molecular weight excluding hydrogens is 288 g/mol. The first-order valence-electron chi connectivity index (χ1n) is 6.55. The van der Waals surface area contributed by atoms with Gasteiger partial charge in [0.2, 0.25) is 0 Å². The van der Waals surface area contributed by atoms with Crippen molar-refractivity contribution >= 4 is 11.8 Å². The molecule has 0 atom stereocenters. The van der Waals surface area contributed by atoms with Gasteiger partial charge in [-0.05, 0) is 30.3 Å². The number of carbonyl (C=O) groups excluding carboxylic acids is 1. The number of H-pyrrole nitrogens is 1. The van der Waals surface area contributed by atoms with Crippen molar-refractivity contribution in [2.75, 3.05) is 25.6 Å². The molecule has 0 radical (unpaired) electrons. The number of ether oxygens (including phenoxy) is 2. The molecule has 22 heavy (non-hydrogen) atoms. The number of hydrogen-bond acceptors (Lipinski definition) is 5. The van der Waals surface area contributed by atoms with E-state index in [4.69, 9.17) is 9.47 Å². The van der Waals surface area contributed by atoms with Crippen molar-refractivity contribution < 1.29 is 14.3 Å². The fourth-order valence-corrected chi connectivity index (χ4v) is 1.58. The van der Waals surface area contributed by atoms with E-state index >= 15 is 0 Å². The number of rotatable bonds is 6. The molecule has 2 rings (SSSR count). The molecule has 1 heterocycles. The monoisotopic (exact) mass is 304 g/mol. The second kappa shape index (κ2) is 7.67. The third-order valence-corrected chi connectivity index (χ3v) is 2.64. The number of anilines is 1. The first-order chi connectivity index (χ1) is 10.7. The first kappa shape index (κ1) is 15.4. The number of hydrogen-bond donors (Lipinski definition) is 3. The number of aromatic amines is 1. The Hall–Kier alpha value is -3.03. The fourth-order valence-electron chi connectivity index (χ4n) is 1.58. The minimum absolute atomic E-state index is 0.258. The molecule has 0 spiro atoms. The molecule has 0 saturated heterocycles. The summed E-state index contributed by atoms with van der Waals surface area (Å²) in [7, 11) is 1.59. The number of urea groups is 1. The zero-order chi connectivity index (χ0) is 15.8. The fraction of sp³-hybridized carbons (Fsp3) is 0.214. The van der Waals surface area contributed by atoms with Crippen LogP contribution in [0.3, 0.4) is 0 Å². The summed E-state index contributed by atoms with van der Waals surface area (Å²) in [6.45, 7) is 0.639. The summed E-state index contributed by atoms with van der Waals surface area (Å²) >= 11 is 0. The molecule has 1 aromatic heterocycles. The van der Waals surface area contributed by atoms with Gasteiger partial charge in [0.25, 0.3) is 5.56 Å². The van der Waals surface area contributed by atoms with Gasteiger partial charge in [-0.3, -0.25) is 10.1 Å². The number of nitrogens with one attached hydrogen (secondary N) is 3. The molecule has 8 heteroatoms. The van der Waals surface area contributed by atoms with Crippen LogP contribution in [0.25, 0.3) is 0 Å². The molecule has 0 bridgehead atoms. The van der Waals surface area contributed by atoms with Crippen LogP contribution in [-0.2, 0) is 0 Å². The van der Waals surface area contributed by atoms with Crippen molar-refractivity contribution in [3.63, 3.8) is 0 Å². The van der Waals surface area contributed by atoms with Crippen molar-refractivity contribution in [3.05, 3.63) is 46.8 Å². The molecule has 1 aromatic carbocycles. The van der Waals surface area contributed by atoms with Gasteiger partial charge in [0.15, 0.2) is 5.82 Å². The van der Waals surface area contributed by atoms with E-state index in [9.17, 15) is 9.59 Å². The van der Waals surface area contributed by atoms with Gasteiger partial charge < -0.3 is 14.8 Å². The van der Waals surface area contributed by atoms with E-state index in [1.807, 2.05) is 0 Å². The summed E-state index contributed by atoms with van der Waals surface area (Å²) in [6.07, 6.45) is 0. The highest BCUT2D eigenvalue weighted by Crippen LogP contribution is 2.16. The van der Waals surface area contributed by atoms with Gasteiger partial charge in [0.05, 0.1) is 13.7 Å². The highest BCUT2D eigenvalue weighted by molar-refractivity contribution is 5.87. The zero-order valence-electron chi connectivity index (χ0n) is 12.0. The Labute approximate surface area is 126 Å². The average Bonchev–Trinajstić information content (AvgIpc) is 2.54. The molecule has 0 unspecified atom stereocenters. The molecule has 116 valence electrons. The van der Waals surface area contributed by atoms with Gasteiger partial charge >= 0.3 is 6.03 Å². The van der Waals surface area contributed by atoms with E-state index < -0.39 is 6.03 Å². The smallest absolute Gasteiger partial charge is 0.320 e. The number of amides is 2. The predicted molar refractivity (Wildman–Crippen MR) is 80.4 cm³/mol. The molecule has 0 fully saturated rings. The number of methoxy groups -OCH3 is 1. The van der Waals surface area contributed by atoms with Crippen LogP contribution in [0.1, 0.15) is 0 Å². The number of aromatic nitrogens is 2. The van der Waals surface area contributed by atoms with Gasteiger partial charge in [0.1, 0.15) is 18.1 Å². The number of benzene rings is 1. The molecule has 3 N–H and O–H groups in total. The van der Waals surface area contributed by atoms with E-state index in [1.54, 1.807) is 31.4 Å². The van der Waals surface area contributed by atoms with E-state index in [0.29, 0.717) is 18.9 Å². The molecule has 2 amide bonds. The lowest BCUT2D eigenvalue weighted by atomic mass is 10.3. The SMILES string of the molecule is COc1ccc(OCCNC(=O)Nc2ccc(=O)[nH]n2)cc1. The second-order valence-corrected chi connectivity index (χ2v) is 4.21. The van der Waals surface area contributed by atoms with Crippen LogP contribution in [-0.4, -0.2) is 36.5 Å². The zero-order valence-corrected chi connectivity index (χ0v) is 12.0. The quantitative estimate of drug-likeness (QED) is 0.690. The summed E-state index contributed by atoms with van der Waals surface area (Å²) in [5, 5.41) is 11.0. The van der Waals surface area contributed by atoms with Crippen molar-refractivity contribution in [2.45, 2.75) is 0 Å². The highest BCUT2D eigenvalue weighted by Gasteiger charge is 2.02. The molecule has 0 saturated carbocycles. The van der Waals surface area contributed by atoms with Crippen LogP contribution in [0.4, 0.5) is 10.6 Å². The standard InChI is InChI=1S/C14H16N4O4/c1-21-10-2-4-11(5-3-10)22-9-8-15-14(20)16-12-6-7-13(19)18-17-12/h2-7H,8-9H2,1H3,(H,18,19)(H2,15,16,17,20). The van der Waals surface area contributed by atoms with Gasteiger partial charge in [-0.2, -0.15) is 5.10 Å². The summed E-state index contributed by atoms with van der Waals surface area (Å²) < 4.78 is 10.5. The summed E-state index contributed by atoms with van der Waals surface area (Å²) in [5.74, 6) is 1.69. The van der Waals surface area contributed by atoms with Crippen LogP contribution in [0.15, 0.2) is 41.2 Å². The molecule has 0 aliphatic carbocycles. The summed E-state index contributed by atoms with van der Waals surface area (Å²) in [4.78, 5) is 22.4. The maximum absolute atomic E-state index is 11.6. The predicted octanol–water partition coefficient (Wildman–Crippen LogP) is 0.979. The number of carbonyl (C=O) groups is 1. The summed E-state index contributed by atoms with van der Waals surface area (Å²) in [6, 6.07) is 9.39. The Morgan fingerprint density at radius 3 is 2.55 bits per heavy atom. The normalized spacial score (nSPS) is 9.86. The highest BCUT2D eigenvalue weighted by atomic mass is 16.5. The lowest BCUT2D eigenvalue weighted by Crippen LogP contribution is -2.32. The van der Waals surface area contributed by atoms with E-state index in [0.717, 1.165) is 5.75 Å². The second-order valence-electron chi connectivity index (χ2n) is 4.21. The van der Waals surface area contributed by atoms with E-state index in [1.165, 1.54) is 12.1 Å². The molecule has 0 aliphatic rings. The van der Waals surface area contributed by atoms with E-state index in [-0.39, 0.29) is 11.4 Å². The minimum atomic E-state index is -0.433. The van der Waals surface area contributed by atoms with Crippen LogP contribution in [0.2, 0.25) is 0 Å². The van der Waals surface area contributed by atoms with E-state index in [2.05, 4.69) is 20.8 Å². The van der Waals surface area contributed by atoms with Crippen molar-refractivity contribution in [1.82, 2.24) is 15.5 Å². The topological polar surface area (TPSA) is 105 Å². The molecule has 2 aromatic rings. The summed E-state index contributed by atoms with van der Waals surface area (Å²) in [5.41, 5.74) is -0.334. The first-order valence-corrected chi connectivity index (χ1v) is 6.55. The average molecular weight is 304 g/mol. The maximum atomic E-state index is 11.6. The van der Waals surface area contributed by atoms with Crippen molar-refractivity contribution in [3.8, 4) is 11.5 Å². The molecular formula is C14H16N4O4. The lowest BCUT2D eigenvalue weighted by molar-refractivity contribution is 0.247. The van der Waals surface area contributed by atoms with Crippen LogP contribution < -0.4 is 25.7 Å². The number of nitrogens with zero attached hydrogens (tertiary/aromatic N) is 1. The van der Waals surface area contributed by atoms with Gasteiger partial charge in [-0.1, -0.05) is 0 Å². The van der Waals surface area contributed by atoms with Gasteiger partial charge in [0, 0.05) is 6.07 Å². The Kier molecular flexibility index (Phi) is 5.36. The third kappa shape index (κ3) is 4.82. The minimum Gasteiger partial charge on any atom is -0.497 e. The van der Waals surface area contributed by atoms with Gasteiger partial charge in [-0.25, -0.2) is 9.89 Å². The van der Waals surface area contributed by atoms with Crippen LogP contribution in [0, 0.1) is 0 Å². The molecule has 0 aliphatic heterocycles. The van der Waals surface area contributed by atoms with Gasteiger partial charge in [-0.15, -0.1) is 0 Å². The lowest BCUT2D eigenvalue weighted by Gasteiger charge is -2.09. The largest absolute Gasteiger partial charge is 0.497 e. The Morgan fingerprint density at radius 1 is 1.18 bits per heavy atom. The van der Waals surface area contributed by atoms with Crippen molar-refractivity contribution in [1.29, 1.82) is 0 Å². The molecule has 8 nitrogen and oxygen atoms in total. The maximum Gasteiger partial charge on any atom is 0.320 e. The Morgan fingerprint density at radius 2 is 1.91 bits per heavy atom. The Balaban J connectivity index is 1.68. The van der Waals surface area contributed by atoms with Crippen LogP contribution >= 0.6 is 0 Å². The van der Waals surface area contributed by atoms with Crippen molar-refractivity contribution in [2.24, 2.45) is 0 Å². The Bertz CT molecular complexity index is 649. The third-order valence-electron chi connectivity index (χ3n) is 2.64.